The first-order valence-corrected chi connectivity index (χ1v) is 4.97. The van der Waals surface area contributed by atoms with E-state index in [4.69, 9.17) is 6.42 Å². The first-order valence-electron chi connectivity index (χ1n) is 4.97. The molecule has 0 radical (unpaired) electrons. The van der Waals surface area contributed by atoms with E-state index in [1.165, 1.54) is 0 Å². The van der Waals surface area contributed by atoms with Crippen LogP contribution in [0, 0.1) is 12.3 Å². The van der Waals surface area contributed by atoms with E-state index in [0.717, 1.165) is 6.42 Å². The number of rotatable bonds is 4. The molecule has 15 heavy (non-hydrogen) atoms. The van der Waals surface area contributed by atoms with Crippen LogP contribution in [0.1, 0.15) is 20.3 Å². The summed E-state index contributed by atoms with van der Waals surface area (Å²) in [6.45, 7) is 4.52. The fourth-order valence-corrected chi connectivity index (χ4v) is 1.21. The summed E-state index contributed by atoms with van der Waals surface area (Å²) >= 11 is 0. The first kappa shape index (κ1) is 11.3. The van der Waals surface area contributed by atoms with E-state index >= 15 is 0 Å². The minimum absolute atomic E-state index is 0.124. The van der Waals surface area contributed by atoms with Gasteiger partial charge in [-0.2, -0.15) is 0 Å². The van der Waals surface area contributed by atoms with Crippen LogP contribution in [-0.2, 0) is 6.54 Å². The van der Waals surface area contributed by atoms with Gasteiger partial charge in [-0.25, -0.2) is 4.98 Å². The highest BCUT2D eigenvalue weighted by Gasteiger charge is 2.05. The second-order valence-corrected chi connectivity index (χ2v) is 3.31. The predicted molar refractivity (Wildman–Crippen MR) is 60.7 cm³/mol. The molecule has 1 N–H and O–H groups in total. The third kappa shape index (κ3) is 2.84. The van der Waals surface area contributed by atoms with Crippen molar-refractivity contribution in [2.45, 2.75) is 32.9 Å². The van der Waals surface area contributed by atoms with E-state index in [-0.39, 0.29) is 11.6 Å². The summed E-state index contributed by atoms with van der Waals surface area (Å²) in [5, 5.41) is 2.88. The Bertz CT molecular complexity index is 417. The van der Waals surface area contributed by atoms with Crippen LogP contribution in [0.4, 0.5) is 5.82 Å². The number of aromatic nitrogens is 2. The molecule has 1 heterocycles. The van der Waals surface area contributed by atoms with Crippen molar-refractivity contribution in [1.82, 2.24) is 9.55 Å². The number of nitrogens with one attached hydrogen (secondary N) is 1. The van der Waals surface area contributed by atoms with Gasteiger partial charge in [0.25, 0.3) is 5.56 Å². The molecule has 0 saturated carbocycles. The molecule has 1 rings (SSSR count). The van der Waals surface area contributed by atoms with Crippen LogP contribution in [-0.4, -0.2) is 15.6 Å². The monoisotopic (exact) mass is 205 g/mol. The number of nitrogens with zero attached hydrogens (tertiary/aromatic N) is 2. The number of aryl methyl sites for hydroxylation is 1. The van der Waals surface area contributed by atoms with Gasteiger partial charge in [-0.15, -0.1) is 6.42 Å². The van der Waals surface area contributed by atoms with Gasteiger partial charge in [0.05, 0.1) is 6.04 Å². The Morgan fingerprint density at radius 2 is 2.47 bits per heavy atom. The highest BCUT2D eigenvalue weighted by atomic mass is 16.1. The average Bonchev–Trinajstić information content (AvgIpc) is 2.24. The van der Waals surface area contributed by atoms with Crippen LogP contribution < -0.4 is 10.9 Å². The fraction of sp³-hybridized carbons (Fsp3) is 0.455. The van der Waals surface area contributed by atoms with Gasteiger partial charge in [0.2, 0.25) is 0 Å². The lowest BCUT2D eigenvalue weighted by Gasteiger charge is -2.09. The van der Waals surface area contributed by atoms with Gasteiger partial charge in [0, 0.05) is 18.9 Å². The molecule has 1 atom stereocenters. The molecule has 0 saturated heterocycles. The minimum Gasteiger partial charge on any atom is -0.352 e. The number of terminal acetylenes is 1. The zero-order valence-corrected chi connectivity index (χ0v) is 9.03. The van der Waals surface area contributed by atoms with Crippen molar-refractivity contribution in [3.63, 3.8) is 0 Å². The van der Waals surface area contributed by atoms with E-state index in [9.17, 15) is 4.79 Å². The molecule has 0 fully saturated rings. The molecule has 0 bridgehead atoms. The third-order valence-corrected chi connectivity index (χ3v) is 1.98. The van der Waals surface area contributed by atoms with Crippen LogP contribution in [0.25, 0.3) is 0 Å². The van der Waals surface area contributed by atoms with Gasteiger partial charge in [-0.1, -0.05) is 12.8 Å². The molecule has 0 amide bonds. The zero-order chi connectivity index (χ0) is 11.3. The van der Waals surface area contributed by atoms with Crippen molar-refractivity contribution in [2.24, 2.45) is 0 Å². The van der Waals surface area contributed by atoms with E-state index in [2.05, 4.69) is 16.2 Å². The smallest absolute Gasteiger partial charge is 0.293 e. The van der Waals surface area contributed by atoms with Crippen LogP contribution >= 0.6 is 0 Å². The minimum atomic E-state index is -0.192. The SMILES string of the molecule is C#CC(C)Nc1nccn(CCC)c1=O. The third-order valence-electron chi connectivity index (χ3n) is 1.98. The summed E-state index contributed by atoms with van der Waals surface area (Å²) < 4.78 is 1.62. The normalized spacial score (nSPS) is 11.8. The molecular weight excluding hydrogens is 190 g/mol. The summed E-state index contributed by atoms with van der Waals surface area (Å²) in [7, 11) is 0. The molecular formula is C11H15N3O. The molecule has 0 aromatic carbocycles. The van der Waals surface area contributed by atoms with Gasteiger partial charge < -0.3 is 9.88 Å². The molecule has 4 heteroatoms. The molecule has 0 aliphatic rings. The lowest BCUT2D eigenvalue weighted by atomic mass is 10.3. The van der Waals surface area contributed by atoms with Crippen LogP contribution in [0.5, 0.6) is 0 Å². The van der Waals surface area contributed by atoms with Crippen molar-refractivity contribution >= 4 is 5.82 Å². The van der Waals surface area contributed by atoms with E-state index in [1.807, 2.05) is 6.92 Å². The predicted octanol–water partition coefficient (Wildman–Crippen LogP) is 1.09. The quantitative estimate of drug-likeness (QED) is 0.748. The maximum atomic E-state index is 11.8. The molecule has 0 aliphatic carbocycles. The fourth-order valence-electron chi connectivity index (χ4n) is 1.21. The summed E-state index contributed by atoms with van der Waals surface area (Å²) in [5.41, 5.74) is -0.124. The molecule has 80 valence electrons. The molecule has 1 aromatic rings. The van der Waals surface area contributed by atoms with E-state index < -0.39 is 0 Å². The Labute approximate surface area is 89.3 Å². The number of hydrogen-bond donors (Lipinski definition) is 1. The van der Waals surface area contributed by atoms with Gasteiger partial charge in [0.15, 0.2) is 5.82 Å². The molecule has 0 spiro atoms. The van der Waals surface area contributed by atoms with Gasteiger partial charge in [-0.05, 0) is 13.3 Å². The van der Waals surface area contributed by atoms with Crippen LogP contribution in [0.15, 0.2) is 17.2 Å². The second kappa shape index (κ2) is 5.20. The highest BCUT2D eigenvalue weighted by molar-refractivity contribution is 5.34. The molecule has 1 aromatic heterocycles. The van der Waals surface area contributed by atoms with Crippen molar-refractivity contribution in [1.29, 1.82) is 0 Å². The number of anilines is 1. The number of hydrogen-bond acceptors (Lipinski definition) is 3. The van der Waals surface area contributed by atoms with Crippen molar-refractivity contribution in [3.8, 4) is 12.3 Å². The van der Waals surface area contributed by atoms with Gasteiger partial charge in [-0.3, -0.25) is 4.79 Å². The Hall–Kier alpha value is -1.76. The standard InChI is InChI=1S/C11H15N3O/c1-4-7-14-8-6-12-10(11(14)15)13-9(3)5-2/h2,6,8-9H,4,7H2,1,3H3,(H,12,13). The van der Waals surface area contributed by atoms with Crippen LogP contribution in [0.3, 0.4) is 0 Å². The highest BCUT2D eigenvalue weighted by Crippen LogP contribution is 1.96. The lowest BCUT2D eigenvalue weighted by molar-refractivity contribution is 0.649. The second-order valence-electron chi connectivity index (χ2n) is 3.31. The van der Waals surface area contributed by atoms with Gasteiger partial charge in [0.1, 0.15) is 0 Å². The Kier molecular flexibility index (Phi) is 3.92. The zero-order valence-electron chi connectivity index (χ0n) is 9.03. The lowest BCUT2D eigenvalue weighted by Crippen LogP contribution is -2.27. The van der Waals surface area contributed by atoms with E-state index in [1.54, 1.807) is 23.9 Å². The van der Waals surface area contributed by atoms with Crippen molar-refractivity contribution in [3.05, 3.63) is 22.7 Å². The van der Waals surface area contributed by atoms with Crippen molar-refractivity contribution < 1.29 is 0 Å². The Balaban J connectivity index is 2.95. The average molecular weight is 205 g/mol. The summed E-state index contributed by atoms with van der Waals surface area (Å²) in [6, 6.07) is -0.192. The molecule has 4 nitrogen and oxygen atoms in total. The molecule has 1 unspecified atom stereocenters. The summed E-state index contributed by atoms with van der Waals surface area (Å²) in [6.07, 6.45) is 9.41. The first-order chi connectivity index (χ1) is 7.19. The van der Waals surface area contributed by atoms with Crippen LogP contribution in [0.2, 0.25) is 0 Å². The summed E-state index contributed by atoms with van der Waals surface area (Å²) in [4.78, 5) is 15.7. The Morgan fingerprint density at radius 1 is 1.73 bits per heavy atom. The van der Waals surface area contributed by atoms with Crippen molar-refractivity contribution in [2.75, 3.05) is 5.32 Å². The van der Waals surface area contributed by atoms with Gasteiger partial charge >= 0.3 is 0 Å². The topological polar surface area (TPSA) is 46.9 Å². The maximum absolute atomic E-state index is 11.8. The molecule has 0 aliphatic heterocycles. The van der Waals surface area contributed by atoms with E-state index in [0.29, 0.717) is 12.4 Å². The summed E-state index contributed by atoms with van der Waals surface area (Å²) in [5.74, 6) is 2.81. The Morgan fingerprint density at radius 3 is 3.07 bits per heavy atom. The largest absolute Gasteiger partial charge is 0.352 e. The maximum Gasteiger partial charge on any atom is 0.293 e.